The molecule has 0 unspecified atom stereocenters. The first kappa shape index (κ1) is 13.2. The maximum atomic E-state index is 10.4. The fourth-order valence-electron chi connectivity index (χ4n) is 0.733. The summed E-state index contributed by atoms with van der Waals surface area (Å²) < 4.78 is 5.29. The van der Waals surface area contributed by atoms with E-state index in [1.165, 1.54) is 0 Å². The minimum absolute atomic E-state index is 0.269. The Bertz CT molecular complexity index is 211. The summed E-state index contributed by atoms with van der Waals surface area (Å²) in [7, 11) is 0. The molecule has 0 aromatic rings. The van der Waals surface area contributed by atoms with Crippen LogP contribution in [0.1, 0.15) is 34.1 Å². The standard InChI is InChI=1S/C11H20O3/c1-9(10(12)13)5-7-14-8-6-11(2,3)4/h5H,6-8H2,1-4H3,(H,12,13). The van der Waals surface area contributed by atoms with Crippen LogP contribution in [0.25, 0.3) is 0 Å². The third kappa shape index (κ3) is 7.80. The summed E-state index contributed by atoms with van der Waals surface area (Å²) in [4.78, 5) is 10.4. The van der Waals surface area contributed by atoms with Crippen molar-refractivity contribution >= 4 is 5.97 Å². The van der Waals surface area contributed by atoms with E-state index in [9.17, 15) is 4.79 Å². The number of carbonyl (C=O) groups is 1. The summed E-state index contributed by atoms with van der Waals surface area (Å²) in [5.41, 5.74) is 0.603. The lowest BCUT2D eigenvalue weighted by Crippen LogP contribution is -2.09. The predicted molar refractivity (Wildman–Crippen MR) is 56.3 cm³/mol. The van der Waals surface area contributed by atoms with Gasteiger partial charge in [0.2, 0.25) is 0 Å². The molecule has 0 bridgehead atoms. The first-order valence-electron chi connectivity index (χ1n) is 4.81. The third-order valence-corrected chi connectivity index (χ3v) is 1.84. The van der Waals surface area contributed by atoms with Gasteiger partial charge in [-0.25, -0.2) is 4.79 Å². The van der Waals surface area contributed by atoms with Gasteiger partial charge in [0, 0.05) is 12.2 Å². The Labute approximate surface area is 85.8 Å². The second-order valence-electron chi connectivity index (χ2n) is 4.58. The van der Waals surface area contributed by atoms with Gasteiger partial charge in [0.1, 0.15) is 0 Å². The topological polar surface area (TPSA) is 46.5 Å². The highest BCUT2D eigenvalue weighted by Gasteiger charge is 2.08. The monoisotopic (exact) mass is 200 g/mol. The summed E-state index contributed by atoms with van der Waals surface area (Å²) in [5, 5.41) is 8.54. The van der Waals surface area contributed by atoms with E-state index in [2.05, 4.69) is 20.8 Å². The van der Waals surface area contributed by atoms with Crippen LogP contribution in [0.5, 0.6) is 0 Å². The molecule has 82 valence electrons. The lowest BCUT2D eigenvalue weighted by molar-refractivity contribution is -0.132. The van der Waals surface area contributed by atoms with Crippen LogP contribution < -0.4 is 0 Å². The van der Waals surface area contributed by atoms with Crippen LogP contribution in [0.15, 0.2) is 11.6 Å². The molecule has 14 heavy (non-hydrogen) atoms. The lowest BCUT2D eigenvalue weighted by atomic mass is 9.93. The van der Waals surface area contributed by atoms with Crippen molar-refractivity contribution in [3.8, 4) is 0 Å². The molecule has 3 heteroatoms. The van der Waals surface area contributed by atoms with Crippen molar-refractivity contribution in [1.82, 2.24) is 0 Å². The highest BCUT2D eigenvalue weighted by Crippen LogP contribution is 2.17. The zero-order valence-electron chi connectivity index (χ0n) is 9.46. The van der Waals surface area contributed by atoms with Crippen LogP contribution in [0, 0.1) is 5.41 Å². The predicted octanol–water partition coefficient (Wildman–Crippen LogP) is 2.47. The summed E-state index contributed by atoms with van der Waals surface area (Å²) in [6, 6.07) is 0. The number of hydrogen-bond acceptors (Lipinski definition) is 2. The molecule has 0 aliphatic rings. The maximum absolute atomic E-state index is 10.4. The highest BCUT2D eigenvalue weighted by atomic mass is 16.5. The van der Waals surface area contributed by atoms with Crippen molar-refractivity contribution in [3.05, 3.63) is 11.6 Å². The molecule has 0 saturated heterocycles. The Morgan fingerprint density at radius 1 is 1.43 bits per heavy atom. The van der Waals surface area contributed by atoms with Crippen molar-refractivity contribution in [3.63, 3.8) is 0 Å². The van der Waals surface area contributed by atoms with Gasteiger partial charge in [-0.15, -0.1) is 0 Å². The maximum Gasteiger partial charge on any atom is 0.331 e. The average Bonchev–Trinajstić information content (AvgIpc) is 2.01. The molecule has 0 atom stereocenters. The van der Waals surface area contributed by atoms with E-state index >= 15 is 0 Å². The molecule has 0 amide bonds. The molecule has 0 aliphatic heterocycles. The Morgan fingerprint density at radius 3 is 2.43 bits per heavy atom. The summed E-state index contributed by atoms with van der Waals surface area (Å²) in [5.74, 6) is -0.885. The minimum atomic E-state index is -0.885. The Kier molecular flexibility index (Phi) is 5.46. The Hall–Kier alpha value is -0.830. The van der Waals surface area contributed by atoms with Crippen LogP contribution >= 0.6 is 0 Å². The molecule has 0 radical (unpaired) electrons. The van der Waals surface area contributed by atoms with Crippen LogP contribution in [-0.4, -0.2) is 24.3 Å². The molecule has 0 aromatic heterocycles. The van der Waals surface area contributed by atoms with E-state index in [1.807, 2.05) is 0 Å². The first-order valence-corrected chi connectivity index (χ1v) is 4.81. The second kappa shape index (κ2) is 5.81. The lowest BCUT2D eigenvalue weighted by Gasteiger charge is -2.17. The largest absolute Gasteiger partial charge is 0.478 e. The SMILES string of the molecule is CC(=CCOCCC(C)(C)C)C(=O)O. The number of carboxylic acid groups (broad SMARTS) is 1. The Balaban J connectivity index is 3.57. The van der Waals surface area contributed by atoms with E-state index in [0.29, 0.717) is 18.8 Å². The molecular formula is C11H20O3. The minimum Gasteiger partial charge on any atom is -0.478 e. The van der Waals surface area contributed by atoms with Crippen molar-refractivity contribution in [2.75, 3.05) is 13.2 Å². The van der Waals surface area contributed by atoms with Gasteiger partial charge in [-0.1, -0.05) is 20.8 Å². The van der Waals surface area contributed by atoms with Gasteiger partial charge in [-0.3, -0.25) is 0 Å². The van der Waals surface area contributed by atoms with Crippen LogP contribution in [0.2, 0.25) is 0 Å². The molecule has 0 rings (SSSR count). The molecule has 0 aromatic carbocycles. The fraction of sp³-hybridized carbons (Fsp3) is 0.727. The molecule has 3 nitrogen and oxygen atoms in total. The van der Waals surface area contributed by atoms with Crippen LogP contribution in [0.4, 0.5) is 0 Å². The smallest absolute Gasteiger partial charge is 0.331 e. The molecule has 0 saturated carbocycles. The van der Waals surface area contributed by atoms with E-state index < -0.39 is 5.97 Å². The number of ether oxygens (including phenoxy) is 1. The fourth-order valence-corrected chi connectivity index (χ4v) is 0.733. The number of rotatable bonds is 5. The first-order chi connectivity index (χ1) is 6.33. The summed E-state index contributed by atoms with van der Waals surface area (Å²) >= 11 is 0. The molecule has 0 heterocycles. The normalized spacial score (nSPS) is 13.0. The molecule has 0 aliphatic carbocycles. The van der Waals surface area contributed by atoms with Crippen molar-refractivity contribution in [2.45, 2.75) is 34.1 Å². The summed E-state index contributed by atoms with van der Waals surface area (Å²) in [6.07, 6.45) is 2.57. The molecule has 0 spiro atoms. The number of aliphatic carboxylic acids is 1. The van der Waals surface area contributed by atoms with Gasteiger partial charge in [0.05, 0.1) is 6.61 Å². The second-order valence-corrected chi connectivity index (χ2v) is 4.58. The summed E-state index contributed by atoms with van der Waals surface area (Å²) in [6.45, 7) is 9.06. The van der Waals surface area contributed by atoms with E-state index in [-0.39, 0.29) is 5.41 Å². The Morgan fingerprint density at radius 2 is 2.00 bits per heavy atom. The van der Waals surface area contributed by atoms with Gasteiger partial charge in [0.25, 0.3) is 0 Å². The average molecular weight is 200 g/mol. The van der Waals surface area contributed by atoms with Crippen LogP contribution in [0.3, 0.4) is 0 Å². The molecule has 1 N–H and O–H groups in total. The quantitative estimate of drug-likeness (QED) is 0.547. The van der Waals surface area contributed by atoms with E-state index in [1.54, 1.807) is 13.0 Å². The van der Waals surface area contributed by atoms with Crippen molar-refractivity contribution < 1.29 is 14.6 Å². The third-order valence-electron chi connectivity index (χ3n) is 1.84. The zero-order chi connectivity index (χ0) is 11.2. The van der Waals surface area contributed by atoms with Gasteiger partial charge in [0.15, 0.2) is 0 Å². The number of carboxylic acids is 1. The zero-order valence-corrected chi connectivity index (χ0v) is 9.46. The van der Waals surface area contributed by atoms with Gasteiger partial charge >= 0.3 is 5.97 Å². The van der Waals surface area contributed by atoms with Gasteiger partial charge in [-0.2, -0.15) is 0 Å². The van der Waals surface area contributed by atoms with Crippen molar-refractivity contribution in [1.29, 1.82) is 0 Å². The van der Waals surface area contributed by atoms with E-state index in [0.717, 1.165) is 6.42 Å². The molecular weight excluding hydrogens is 180 g/mol. The van der Waals surface area contributed by atoms with Crippen molar-refractivity contribution in [2.24, 2.45) is 5.41 Å². The highest BCUT2D eigenvalue weighted by molar-refractivity contribution is 5.85. The number of hydrogen-bond donors (Lipinski definition) is 1. The molecule has 0 fully saturated rings. The van der Waals surface area contributed by atoms with E-state index in [4.69, 9.17) is 9.84 Å². The van der Waals surface area contributed by atoms with Gasteiger partial charge < -0.3 is 9.84 Å². The van der Waals surface area contributed by atoms with Gasteiger partial charge in [-0.05, 0) is 24.8 Å². The van der Waals surface area contributed by atoms with Crippen LogP contribution in [-0.2, 0) is 9.53 Å².